The third-order valence-corrected chi connectivity index (χ3v) is 5.83. The lowest BCUT2D eigenvalue weighted by Gasteiger charge is -2.34. The summed E-state index contributed by atoms with van der Waals surface area (Å²) >= 11 is 0. The van der Waals surface area contributed by atoms with Gasteiger partial charge in [0.2, 0.25) is 5.95 Å². The van der Waals surface area contributed by atoms with Crippen molar-refractivity contribution in [2.45, 2.75) is 25.3 Å². The summed E-state index contributed by atoms with van der Waals surface area (Å²) in [6.45, 7) is 5.00. The molecule has 1 aliphatic heterocycles. The van der Waals surface area contributed by atoms with Crippen LogP contribution in [0.5, 0.6) is 0 Å². The maximum absolute atomic E-state index is 12.2. The molecule has 0 unspecified atom stereocenters. The summed E-state index contributed by atoms with van der Waals surface area (Å²) in [6.07, 6.45) is 9.97. The zero-order chi connectivity index (χ0) is 20.3. The maximum atomic E-state index is 12.2. The normalized spacial score (nSPS) is 17.3. The Morgan fingerprint density at radius 3 is 2.33 bits per heavy atom. The van der Waals surface area contributed by atoms with Gasteiger partial charge in [0, 0.05) is 69.1 Å². The summed E-state index contributed by atoms with van der Waals surface area (Å²) in [5.74, 6) is 1.51. The molecule has 5 rings (SSSR count). The first-order valence-corrected chi connectivity index (χ1v) is 10.5. The molecule has 8 nitrogen and oxygen atoms in total. The zero-order valence-electron chi connectivity index (χ0n) is 16.9. The van der Waals surface area contributed by atoms with Crippen LogP contribution in [0.4, 0.5) is 5.95 Å². The zero-order valence-corrected chi connectivity index (χ0v) is 16.9. The van der Waals surface area contributed by atoms with Crippen molar-refractivity contribution >= 4 is 5.95 Å². The maximum Gasteiger partial charge on any atom is 0.266 e. The topological polar surface area (TPSA) is 80.0 Å². The van der Waals surface area contributed by atoms with Gasteiger partial charge < -0.3 is 4.90 Å². The van der Waals surface area contributed by atoms with E-state index in [4.69, 9.17) is 0 Å². The predicted molar refractivity (Wildman–Crippen MR) is 114 cm³/mol. The molecule has 4 heterocycles. The molecule has 1 aliphatic carbocycles. The van der Waals surface area contributed by atoms with Crippen molar-refractivity contribution in [2.75, 3.05) is 37.6 Å². The molecule has 0 N–H and O–H groups in total. The molecule has 8 heteroatoms. The van der Waals surface area contributed by atoms with Gasteiger partial charge in [0.15, 0.2) is 0 Å². The van der Waals surface area contributed by atoms with Crippen LogP contribution < -0.4 is 10.5 Å². The second kappa shape index (κ2) is 8.31. The Morgan fingerprint density at radius 1 is 0.900 bits per heavy atom. The van der Waals surface area contributed by atoms with Crippen molar-refractivity contribution in [2.24, 2.45) is 0 Å². The molecule has 0 aromatic carbocycles. The Hall–Kier alpha value is -3.13. The largest absolute Gasteiger partial charge is 0.338 e. The fraction of sp³-hybridized carbons (Fsp3) is 0.409. The quantitative estimate of drug-likeness (QED) is 0.621. The summed E-state index contributed by atoms with van der Waals surface area (Å²) < 4.78 is 1.56. The van der Waals surface area contributed by atoms with E-state index in [-0.39, 0.29) is 5.56 Å². The minimum atomic E-state index is -0.0735. The van der Waals surface area contributed by atoms with Gasteiger partial charge in [-0.25, -0.2) is 14.6 Å². The molecule has 0 amide bonds. The van der Waals surface area contributed by atoms with Crippen LogP contribution in [0.2, 0.25) is 0 Å². The SMILES string of the molecule is O=c1ccc(-c2ccncc2)nn1CCN1CCN(c2ncc(C3CC3)cn2)CC1. The van der Waals surface area contributed by atoms with Crippen LogP contribution in [0.25, 0.3) is 11.3 Å². The standard InChI is InChI=1S/C22H25N7O/c30-21-4-3-20(18-5-7-23-8-6-18)26-29(21)14-11-27-9-12-28(13-10-27)22-24-15-19(16-25-22)17-1-2-17/h3-8,15-17H,1-2,9-14H2. The molecule has 0 spiro atoms. The van der Waals surface area contributed by atoms with Crippen LogP contribution in [0.1, 0.15) is 24.3 Å². The number of aromatic nitrogens is 5. The highest BCUT2D eigenvalue weighted by atomic mass is 16.1. The molecule has 2 aliphatic rings. The van der Waals surface area contributed by atoms with Crippen molar-refractivity contribution in [3.05, 3.63) is 65.0 Å². The lowest BCUT2D eigenvalue weighted by atomic mass is 10.2. The molecule has 0 atom stereocenters. The van der Waals surface area contributed by atoms with Gasteiger partial charge in [0.25, 0.3) is 5.56 Å². The molecule has 1 saturated heterocycles. The number of nitrogens with zero attached hydrogens (tertiary/aromatic N) is 7. The van der Waals surface area contributed by atoms with E-state index in [1.807, 2.05) is 24.5 Å². The minimum absolute atomic E-state index is 0.0735. The third kappa shape index (κ3) is 4.23. The highest BCUT2D eigenvalue weighted by molar-refractivity contribution is 5.56. The number of pyridine rings is 1. The van der Waals surface area contributed by atoms with E-state index >= 15 is 0 Å². The van der Waals surface area contributed by atoms with E-state index in [2.05, 4.69) is 29.9 Å². The molecule has 2 fully saturated rings. The first kappa shape index (κ1) is 18.9. The Balaban J connectivity index is 1.17. The molecule has 0 bridgehead atoms. The lowest BCUT2D eigenvalue weighted by molar-refractivity contribution is 0.242. The van der Waals surface area contributed by atoms with Crippen molar-refractivity contribution in [3.8, 4) is 11.3 Å². The Labute approximate surface area is 175 Å². The Kier molecular flexibility index (Phi) is 5.23. The molecular formula is C22H25N7O. The van der Waals surface area contributed by atoms with Gasteiger partial charge in [-0.05, 0) is 42.5 Å². The van der Waals surface area contributed by atoms with Gasteiger partial charge in [-0.3, -0.25) is 14.7 Å². The fourth-order valence-electron chi connectivity index (χ4n) is 3.82. The van der Waals surface area contributed by atoms with E-state index in [9.17, 15) is 4.79 Å². The van der Waals surface area contributed by atoms with E-state index in [1.165, 1.54) is 18.4 Å². The lowest BCUT2D eigenvalue weighted by Crippen LogP contribution is -2.48. The van der Waals surface area contributed by atoms with Crippen molar-refractivity contribution in [1.29, 1.82) is 0 Å². The molecule has 30 heavy (non-hydrogen) atoms. The predicted octanol–water partition coefficient (Wildman–Crippen LogP) is 1.79. The molecule has 154 valence electrons. The van der Waals surface area contributed by atoms with Crippen molar-refractivity contribution in [3.63, 3.8) is 0 Å². The van der Waals surface area contributed by atoms with Gasteiger partial charge >= 0.3 is 0 Å². The number of piperazine rings is 1. The molecule has 0 radical (unpaired) electrons. The van der Waals surface area contributed by atoms with Gasteiger partial charge in [0.05, 0.1) is 12.2 Å². The molecule has 3 aromatic rings. The van der Waals surface area contributed by atoms with E-state index in [1.54, 1.807) is 29.2 Å². The van der Waals surface area contributed by atoms with Crippen molar-refractivity contribution < 1.29 is 0 Å². The second-order valence-electron chi connectivity index (χ2n) is 7.94. The average molecular weight is 403 g/mol. The average Bonchev–Trinajstić information content (AvgIpc) is 3.65. The van der Waals surface area contributed by atoms with E-state index < -0.39 is 0 Å². The van der Waals surface area contributed by atoms with Crippen LogP contribution >= 0.6 is 0 Å². The second-order valence-corrected chi connectivity index (χ2v) is 7.94. The van der Waals surface area contributed by atoms with Gasteiger partial charge in [-0.2, -0.15) is 5.10 Å². The summed E-state index contributed by atoms with van der Waals surface area (Å²) in [4.78, 5) is 30.0. The van der Waals surface area contributed by atoms with Crippen LogP contribution in [-0.2, 0) is 6.54 Å². The van der Waals surface area contributed by atoms with E-state index in [0.29, 0.717) is 12.5 Å². The van der Waals surface area contributed by atoms with Gasteiger partial charge in [0.1, 0.15) is 0 Å². The monoisotopic (exact) mass is 403 g/mol. The summed E-state index contributed by atoms with van der Waals surface area (Å²) in [7, 11) is 0. The highest BCUT2D eigenvalue weighted by Gasteiger charge is 2.25. The number of anilines is 1. The Morgan fingerprint density at radius 2 is 1.63 bits per heavy atom. The van der Waals surface area contributed by atoms with Crippen molar-refractivity contribution in [1.82, 2.24) is 29.6 Å². The summed E-state index contributed by atoms with van der Waals surface area (Å²) in [6, 6.07) is 7.15. The first-order chi connectivity index (χ1) is 14.8. The smallest absolute Gasteiger partial charge is 0.266 e. The molecule has 3 aromatic heterocycles. The van der Waals surface area contributed by atoms with Gasteiger partial charge in [-0.15, -0.1) is 0 Å². The number of hydrogen-bond acceptors (Lipinski definition) is 7. The van der Waals surface area contributed by atoms with E-state index in [0.717, 1.165) is 49.9 Å². The van der Waals surface area contributed by atoms with Crippen LogP contribution in [0.3, 0.4) is 0 Å². The molecular weight excluding hydrogens is 378 g/mol. The van der Waals surface area contributed by atoms with Gasteiger partial charge in [-0.1, -0.05) is 0 Å². The van der Waals surface area contributed by atoms with Crippen LogP contribution in [-0.4, -0.2) is 62.4 Å². The van der Waals surface area contributed by atoms with Crippen LogP contribution in [0.15, 0.2) is 53.8 Å². The first-order valence-electron chi connectivity index (χ1n) is 10.5. The fourth-order valence-corrected chi connectivity index (χ4v) is 3.82. The summed E-state index contributed by atoms with van der Waals surface area (Å²) in [5, 5.41) is 4.54. The summed E-state index contributed by atoms with van der Waals surface area (Å²) in [5.41, 5.74) is 2.94. The molecule has 1 saturated carbocycles. The highest BCUT2D eigenvalue weighted by Crippen LogP contribution is 2.39. The third-order valence-electron chi connectivity index (χ3n) is 5.83. The Bertz CT molecular complexity index is 1040. The minimum Gasteiger partial charge on any atom is -0.338 e. The van der Waals surface area contributed by atoms with Crippen LogP contribution in [0, 0.1) is 0 Å². The number of hydrogen-bond donors (Lipinski definition) is 0. The number of rotatable bonds is 6.